The molecular weight excluding hydrogens is 426 g/mol. The molecule has 1 saturated carbocycles. The maximum absolute atomic E-state index is 13.7. The molecule has 164 valence electrons. The predicted molar refractivity (Wildman–Crippen MR) is 126 cm³/mol. The van der Waals surface area contributed by atoms with E-state index >= 15 is 0 Å². The van der Waals surface area contributed by atoms with E-state index in [2.05, 4.69) is 10.3 Å². The molecule has 0 atom stereocenters. The Balaban J connectivity index is 1.52. The lowest BCUT2D eigenvalue weighted by molar-refractivity contribution is 0.126. The Labute approximate surface area is 191 Å². The fourth-order valence-electron chi connectivity index (χ4n) is 4.29. The molecule has 2 N–H and O–H groups in total. The van der Waals surface area contributed by atoms with E-state index in [1.807, 2.05) is 48.5 Å². The van der Waals surface area contributed by atoms with Crippen molar-refractivity contribution in [2.45, 2.75) is 44.4 Å². The van der Waals surface area contributed by atoms with E-state index in [1.165, 1.54) is 0 Å². The van der Waals surface area contributed by atoms with Crippen LogP contribution in [0.3, 0.4) is 0 Å². The second-order valence-corrected chi connectivity index (χ2v) is 8.59. The van der Waals surface area contributed by atoms with Gasteiger partial charge in [-0.2, -0.15) is 4.98 Å². The molecule has 1 aliphatic heterocycles. The predicted octanol–water partition coefficient (Wildman–Crippen LogP) is 5.12. The first-order valence-electron chi connectivity index (χ1n) is 10.8. The van der Waals surface area contributed by atoms with Crippen molar-refractivity contribution >= 4 is 40.8 Å². The van der Waals surface area contributed by atoms with Crippen molar-refractivity contribution in [2.75, 3.05) is 15.1 Å². The van der Waals surface area contributed by atoms with Gasteiger partial charge in [-0.15, -0.1) is 0 Å². The normalized spacial score (nSPS) is 20.8. The first-order chi connectivity index (χ1) is 15.6. The zero-order valence-electron chi connectivity index (χ0n) is 17.5. The minimum atomic E-state index is -0.223. The molecular formula is C24H24ClN5O2. The van der Waals surface area contributed by atoms with E-state index in [1.54, 1.807) is 22.1 Å². The summed E-state index contributed by atoms with van der Waals surface area (Å²) in [6.45, 7) is 0.330. The first-order valence-corrected chi connectivity index (χ1v) is 11.2. The van der Waals surface area contributed by atoms with Gasteiger partial charge < -0.3 is 10.4 Å². The van der Waals surface area contributed by atoms with E-state index in [9.17, 15) is 9.90 Å². The van der Waals surface area contributed by atoms with Gasteiger partial charge in [-0.25, -0.2) is 14.7 Å². The van der Waals surface area contributed by atoms with E-state index < -0.39 is 0 Å². The third-order valence-electron chi connectivity index (χ3n) is 5.99. The molecule has 32 heavy (non-hydrogen) atoms. The van der Waals surface area contributed by atoms with Crippen LogP contribution in [0.1, 0.15) is 31.2 Å². The third kappa shape index (κ3) is 4.01. The SMILES string of the molecule is O=C1N(c2ccccc2Cl)Cc2cnc(N[C@H]3CC[C@H](O)CC3)nc2N1c1ccccc1. The topological polar surface area (TPSA) is 81.6 Å². The molecule has 1 aromatic heterocycles. The number of fused-ring (bicyclic) bond motifs is 1. The Morgan fingerprint density at radius 3 is 2.47 bits per heavy atom. The van der Waals surface area contributed by atoms with Crippen LogP contribution >= 0.6 is 11.6 Å². The summed E-state index contributed by atoms with van der Waals surface area (Å²) in [7, 11) is 0. The number of carbonyl (C=O) groups excluding carboxylic acids is 1. The molecule has 2 amide bonds. The Morgan fingerprint density at radius 2 is 1.72 bits per heavy atom. The number of amides is 2. The number of carbonyl (C=O) groups is 1. The van der Waals surface area contributed by atoms with Crippen LogP contribution in [0.5, 0.6) is 0 Å². The summed E-state index contributed by atoms with van der Waals surface area (Å²) < 4.78 is 0. The number of hydrogen-bond donors (Lipinski definition) is 2. The van der Waals surface area contributed by atoms with Crippen molar-refractivity contribution in [3.8, 4) is 0 Å². The molecule has 5 rings (SSSR count). The molecule has 0 unspecified atom stereocenters. The summed E-state index contributed by atoms with van der Waals surface area (Å²) in [6.07, 6.45) is 4.81. The molecule has 2 aromatic carbocycles. The van der Waals surface area contributed by atoms with Crippen molar-refractivity contribution in [1.82, 2.24) is 9.97 Å². The van der Waals surface area contributed by atoms with Gasteiger partial charge in [-0.3, -0.25) is 4.90 Å². The minimum Gasteiger partial charge on any atom is -0.393 e. The van der Waals surface area contributed by atoms with Crippen LogP contribution in [-0.2, 0) is 6.54 Å². The highest BCUT2D eigenvalue weighted by molar-refractivity contribution is 6.34. The molecule has 0 bridgehead atoms. The average molecular weight is 450 g/mol. The Morgan fingerprint density at radius 1 is 1.00 bits per heavy atom. The van der Waals surface area contributed by atoms with Crippen molar-refractivity contribution < 1.29 is 9.90 Å². The summed E-state index contributed by atoms with van der Waals surface area (Å²) in [5, 5.41) is 13.7. The average Bonchev–Trinajstić information content (AvgIpc) is 2.81. The molecule has 2 heterocycles. The molecule has 0 radical (unpaired) electrons. The lowest BCUT2D eigenvalue weighted by atomic mass is 9.93. The number of hydrogen-bond acceptors (Lipinski definition) is 5. The number of halogens is 1. The van der Waals surface area contributed by atoms with Gasteiger partial charge in [0.15, 0.2) is 5.82 Å². The Bertz CT molecular complexity index is 1120. The molecule has 8 heteroatoms. The number of aliphatic hydroxyl groups is 1. The summed E-state index contributed by atoms with van der Waals surface area (Å²) in [5.74, 6) is 1.06. The maximum atomic E-state index is 13.7. The molecule has 0 saturated heterocycles. The highest BCUT2D eigenvalue weighted by Gasteiger charge is 2.35. The number of nitrogens with one attached hydrogen (secondary N) is 1. The third-order valence-corrected chi connectivity index (χ3v) is 6.31. The van der Waals surface area contributed by atoms with Gasteiger partial charge in [0.1, 0.15) is 0 Å². The van der Waals surface area contributed by atoms with Gasteiger partial charge in [-0.05, 0) is 49.9 Å². The Kier molecular flexibility index (Phi) is 5.68. The lowest BCUT2D eigenvalue weighted by Gasteiger charge is -2.36. The van der Waals surface area contributed by atoms with Gasteiger partial charge in [0, 0.05) is 17.8 Å². The van der Waals surface area contributed by atoms with Crippen molar-refractivity contribution in [2.24, 2.45) is 0 Å². The first kappa shape index (κ1) is 20.7. The fourth-order valence-corrected chi connectivity index (χ4v) is 4.53. The van der Waals surface area contributed by atoms with Crippen LogP contribution in [0.4, 0.5) is 27.9 Å². The summed E-state index contributed by atoms with van der Waals surface area (Å²) in [4.78, 5) is 26.2. The molecule has 2 aliphatic rings. The van der Waals surface area contributed by atoms with Crippen LogP contribution in [0, 0.1) is 0 Å². The minimum absolute atomic E-state index is 0.209. The molecule has 3 aromatic rings. The molecule has 7 nitrogen and oxygen atoms in total. The van der Waals surface area contributed by atoms with Gasteiger partial charge >= 0.3 is 6.03 Å². The highest BCUT2D eigenvalue weighted by atomic mass is 35.5. The highest BCUT2D eigenvalue weighted by Crippen LogP contribution is 2.38. The molecule has 1 aliphatic carbocycles. The number of aliphatic hydroxyl groups excluding tert-OH is 1. The zero-order valence-corrected chi connectivity index (χ0v) is 18.2. The lowest BCUT2D eigenvalue weighted by Crippen LogP contribution is -2.45. The monoisotopic (exact) mass is 449 g/mol. The summed E-state index contributed by atoms with van der Waals surface area (Å²) in [6, 6.07) is 16.8. The number of urea groups is 1. The maximum Gasteiger partial charge on any atom is 0.335 e. The van der Waals surface area contributed by atoms with E-state index in [0.717, 1.165) is 36.9 Å². The second kappa shape index (κ2) is 8.76. The quantitative estimate of drug-likeness (QED) is 0.577. The second-order valence-electron chi connectivity index (χ2n) is 8.18. The number of aromatic nitrogens is 2. The van der Waals surface area contributed by atoms with Crippen LogP contribution in [0.2, 0.25) is 5.02 Å². The van der Waals surface area contributed by atoms with Crippen LogP contribution in [0.25, 0.3) is 0 Å². The number of anilines is 4. The van der Waals surface area contributed by atoms with E-state index in [4.69, 9.17) is 16.6 Å². The number of para-hydroxylation sites is 2. The Hall–Kier alpha value is -3.16. The molecule has 0 spiro atoms. The van der Waals surface area contributed by atoms with Gasteiger partial charge in [0.25, 0.3) is 0 Å². The van der Waals surface area contributed by atoms with Crippen molar-refractivity contribution in [3.63, 3.8) is 0 Å². The van der Waals surface area contributed by atoms with Crippen molar-refractivity contribution in [1.29, 1.82) is 0 Å². The van der Waals surface area contributed by atoms with E-state index in [0.29, 0.717) is 29.0 Å². The fraction of sp³-hybridized carbons (Fsp3) is 0.292. The van der Waals surface area contributed by atoms with Crippen LogP contribution in [-0.4, -0.2) is 33.3 Å². The number of rotatable bonds is 4. The molecule has 1 fully saturated rings. The van der Waals surface area contributed by atoms with E-state index in [-0.39, 0.29) is 18.2 Å². The van der Waals surface area contributed by atoms with Gasteiger partial charge in [0.05, 0.1) is 29.0 Å². The number of nitrogens with zero attached hydrogens (tertiary/aromatic N) is 4. The standard InChI is InChI=1S/C24H24ClN5O2/c25-20-8-4-5-9-21(20)29-15-16-14-26-23(27-17-10-12-19(31)13-11-17)28-22(16)30(24(29)32)18-6-2-1-3-7-18/h1-9,14,17,19,31H,10-13,15H2,(H,26,27,28)/t17-,19-. The largest absolute Gasteiger partial charge is 0.393 e. The van der Waals surface area contributed by atoms with Crippen LogP contribution < -0.4 is 15.1 Å². The smallest absolute Gasteiger partial charge is 0.335 e. The van der Waals surface area contributed by atoms with Crippen LogP contribution in [0.15, 0.2) is 60.8 Å². The van der Waals surface area contributed by atoms with Gasteiger partial charge in [0.2, 0.25) is 5.95 Å². The summed E-state index contributed by atoms with van der Waals surface area (Å²) in [5.41, 5.74) is 2.20. The zero-order chi connectivity index (χ0) is 22.1. The number of benzene rings is 2. The van der Waals surface area contributed by atoms with Crippen molar-refractivity contribution in [3.05, 3.63) is 71.4 Å². The summed E-state index contributed by atoms with van der Waals surface area (Å²) >= 11 is 6.42. The van der Waals surface area contributed by atoms with Gasteiger partial charge in [-0.1, -0.05) is 41.9 Å².